The summed E-state index contributed by atoms with van der Waals surface area (Å²) in [5.41, 5.74) is 0. The van der Waals surface area contributed by atoms with E-state index in [2.05, 4.69) is 29.1 Å². The minimum absolute atomic E-state index is 0.0496. The molecular weight excluding hydrogens is 257 g/mol. The van der Waals surface area contributed by atoms with Crippen LogP contribution in [0.3, 0.4) is 0 Å². The van der Waals surface area contributed by atoms with Gasteiger partial charge in [-0.05, 0) is 18.8 Å². The van der Waals surface area contributed by atoms with E-state index < -0.39 is 5.82 Å². The zero-order valence-corrected chi connectivity index (χ0v) is 12.8. The van der Waals surface area contributed by atoms with Crippen molar-refractivity contribution in [2.45, 2.75) is 52.9 Å². The predicted molar refractivity (Wildman–Crippen MR) is 79.6 cm³/mol. The van der Waals surface area contributed by atoms with Crippen LogP contribution in [0.2, 0.25) is 0 Å². The summed E-state index contributed by atoms with van der Waals surface area (Å²) >= 11 is 0. The molecule has 0 radical (unpaired) electrons. The molecule has 1 heterocycles. The molecule has 0 saturated carbocycles. The first kappa shape index (κ1) is 16.7. The Bertz CT molecular complexity index is 387. The van der Waals surface area contributed by atoms with Gasteiger partial charge >= 0.3 is 0 Å². The maximum atomic E-state index is 13.6. The summed E-state index contributed by atoms with van der Waals surface area (Å²) in [5.74, 6) is 0.423. The molecule has 0 aliphatic rings. The van der Waals surface area contributed by atoms with E-state index in [9.17, 15) is 4.39 Å². The number of hydrogen-bond donors (Lipinski definition) is 1. The fourth-order valence-electron chi connectivity index (χ4n) is 1.87. The Balaban J connectivity index is 2.56. The number of ether oxygens (including phenoxy) is 1. The summed E-state index contributed by atoms with van der Waals surface area (Å²) in [6.45, 7) is 7.63. The van der Waals surface area contributed by atoms with E-state index in [1.807, 2.05) is 6.92 Å². The summed E-state index contributed by atoms with van der Waals surface area (Å²) in [5, 5.41) is 3.03. The number of nitrogens with one attached hydrogen (secondary N) is 1. The van der Waals surface area contributed by atoms with Crippen LogP contribution in [0.4, 0.5) is 10.3 Å². The third kappa shape index (κ3) is 5.72. The highest BCUT2D eigenvalue weighted by molar-refractivity contribution is 5.28. The minimum atomic E-state index is -0.502. The molecule has 1 atom stereocenters. The van der Waals surface area contributed by atoms with Gasteiger partial charge in [0.2, 0.25) is 11.8 Å². The summed E-state index contributed by atoms with van der Waals surface area (Å²) < 4.78 is 19.2. The largest absolute Gasteiger partial charge is 0.475 e. The zero-order valence-electron chi connectivity index (χ0n) is 12.8. The monoisotopic (exact) mass is 283 g/mol. The first-order valence-electron chi connectivity index (χ1n) is 7.60. The van der Waals surface area contributed by atoms with Gasteiger partial charge in [-0.2, -0.15) is 9.37 Å². The second-order valence-electron chi connectivity index (χ2n) is 5.00. The molecule has 1 N–H and O–H groups in total. The van der Waals surface area contributed by atoms with Gasteiger partial charge in [0.1, 0.15) is 0 Å². The van der Waals surface area contributed by atoms with Crippen LogP contribution in [0.25, 0.3) is 0 Å². The molecule has 1 aromatic rings. The molecule has 1 rings (SSSR count). The van der Waals surface area contributed by atoms with Crippen molar-refractivity contribution in [1.82, 2.24) is 9.97 Å². The molecule has 1 unspecified atom stereocenters. The van der Waals surface area contributed by atoms with Crippen LogP contribution >= 0.6 is 0 Å². The smallest absolute Gasteiger partial charge is 0.255 e. The third-order valence-electron chi connectivity index (χ3n) is 3.24. The topological polar surface area (TPSA) is 47.0 Å². The normalized spacial score (nSPS) is 12.2. The number of rotatable bonds is 10. The van der Waals surface area contributed by atoms with Gasteiger partial charge < -0.3 is 10.1 Å². The standard InChI is InChI=1S/C15H26FN3O/c1-4-7-8-12(6-3)11-20-14-13(16)10-18-15(19-14)17-9-5-2/h10,12H,4-9,11H2,1-3H3,(H,17,18,19). The Morgan fingerprint density at radius 3 is 2.75 bits per heavy atom. The van der Waals surface area contributed by atoms with Crippen LogP contribution < -0.4 is 10.1 Å². The lowest BCUT2D eigenvalue weighted by molar-refractivity contribution is 0.216. The fraction of sp³-hybridized carbons (Fsp3) is 0.733. The lowest BCUT2D eigenvalue weighted by Gasteiger charge is -2.15. The van der Waals surface area contributed by atoms with Gasteiger partial charge in [-0.25, -0.2) is 4.98 Å². The van der Waals surface area contributed by atoms with Gasteiger partial charge in [0.15, 0.2) is 0 Å². The van der Waals surface area contributed by atoms with Crippen molar-refractivity contribution in [2.75, 3.05) is 18.5 Å². The van der Waals surface area contributed by atoms with Gasteiger partial charge in [0.25, 0.3) is 5.88 Å². The molecule has 4 nitrogen and oxygen atoms in total. The van der Waals surface area contributed by atoms with E-state index in [-0.39, 0.29) is 5.88 Å². The average Bonchev–Trinajstić information content (AvgIpc) is 2.47. The molecule has 0 fully saturated rings. The zero-order chi connectivity index (χ0) is 14.8. The highest BCUT2D eigenvalue weighted by atomic mass is 19.1. The maximum Gasteiger partial charge on any atom is 0.255 e. The number of nitrogens with zero attached hydrogens (tertiary/aromatic N) is 2. The molecule has 0 amide bonds. The Kier molecular flexibility index (Phi) is 7.92. The fourth-order valence-corrected chi connectivity index (χ4v) is 1.87. The SMILES string of the molecule is CCCCC(CC)COc1nc(NCCC)ncc1F. The summed E-state index contributed by atoms with van der Waals surface area (Å²) in [4.78, 5) is 7.97. The number of aromatic nitrogens is 2. The van der Waals surface area contributed by atoms with E-state index in [0.717, 1.165) is 32.0 Å². The maximum absolute atomic E-state index is 13.6. The first-order chi connectivity index (χ1) is 9.71. The Labute approximate surface area is 121 Å². The van der Waals surface area contributed by atoms with Crippen molar-refractivity contribution in [3.63, 3.8) is 0 Å². The lowest BCUT2D eigenvalue weighted by Crippen LogP contribution is -2.14. The molecule has 1 aromatic heterocycles. The van der Waals surface area contributed by atoms with Crippen LogP contribution in [0.15, 0.2) is 6.20 Å². The molecule has 0 aliphatic carbocycles. The molecule has 20 heavy (non-hydrogen) atoms. The summed E-state index contributed by atoms with van der Waals surface area (Å²) in [6.07, 6.45) is 6.62. The van der Waals surface area contributed by atoms with Crippen molar-refractivity contribution in [2.24, 2.45) is 5.92 Å². The lowest BCUT2D eigenvalue weighted by atomic mass is 10.0. The van der Waals surface area contributed by atoms with Gasteiger partial charge in [0.05, 0.1) is 12.8 Å². The van der Waals surface area contributed by atoms with Gasteiger partial charge in [-0.15, -0.1) is 0 Å². The van der Waals surface area contributed by atoms with Crippen molar-refractivity contribution in [3.8, 4) is 5.88 Å². The highest BCUT2D eigenvalue weighted by Crippen LogP contribution is 2.18. The van der Waals surface area contributed by atoms with Crippen molar-refractivity contribution in [3.05, 3.63) is 12.0 Å². The van der Waals surface area contributed by atoms with Crippen LogP contribution in [0.5, 0.6) is 5.88 Å². The van der Waals surface area contributed by atoms with Crippen molar-refractivity contribution in [1.29, 1.82) is 0 Å². The highest BCUT2D eigenvalue weighted by Gasteiger charge is 2.12. The molecule has 114 valence electrons. The molecule has 5 heteroatoms. The average molecular weight is 283 g/mol. The molecule has 0 saturated heterocycles. The Morgan fingerprint density at radius 2 is 2.10 bits per heavy atom. The van der Waals surface area contributed by atoms with Crippen LogP contribution in [0.1, 0.15) is 52.9 Å². The van der Waals surface area contributed by atoms with Gasteiger partial charge in [-0.3, -0.25) is 0 Å². The van der Waals surface area contributed by atoms with Crippen LogP contribution in [0, 0.1) is 11.7 Å². The van der Waals surface area contributed by atoms with E-state index in [0.29, 0.717) is 18.5 Å². The molecule has 0 bridgehead atoms. The second-order valence-corrected chi connectivity index (χ2v) is 5.00. The molecule has 0 spiro atoms. The Hall–Kier alpha value is -1.39. The quantitative estimate of drug-likeness (QED) is 0.704. The third-order valence-corrected chi connectivity index (χ3v) is 3.24. The van der Waals surface area contributed by atoms with E-state index in [1.54, 1.807) is 0 Å². The predicted octanol–water partition coefficient (Wildman–Crippen LogP) is 4.03. The molecule has 0 aromatic carbocycles. The number of halogens is 1. The summed E-state index contributed by atoms with van der Waals surface area (Å²) in [6, 6.07) is 0. The van der Waals surface area contributed by atoms with E-state index in [4.69, 9.17) is 4.74 Å². The second kappa shape index (κ2) is 9.50. The van der Waals surface area contributed by atoms with Crippen molar-refractivity contribution >= 4 is 5.95 Å². The number of anilines is 1. The first-order valence-corrected chi connectivity index (χ1v) is 7.60. The number of unbranched alkanes of at least 4 members (excludes halogenated alkanes) is 1. The minimum Gasteiger partial charge on any atom is -0.475 e. The van der Waals surface area contributed by atoms with Gasteiger partial charge in [-0.1, -0.05) is 40.0 Å². The molecular formula is C15H26FN3O. The number of hydrogen-bond acceptors (Lipinski definition) is 4. The van der Waals surface area contributed by atoms with E-state index in [1.165, 1.54) is 12.8 Å². The molecule has 0 aliphatic heterocycles. The van der Waals surface area contributed by atoms with Crippen molar-refractivity contribution < 1.29 is 9.13 Å². The van der Waals surface area contributed by atoms with Gasteiger partial charge in [0, 0.05) is 6.54 Å². The van der Waals surface area contributed by atoms with Crippen LogP contribution in [-0.2, 0) is 0 Å². The summed E-state index contributed by atoms with van der Waals surface area (Å²) in [7, 11) is 0. The van der Waals surface area contributed by atoms with E-state index >= 15 is 0 Å². The van der Waals surface area contributed by atoms with Crippen LogP contribution in [-0.4, -0.2) is 23.1 Å². The Morgan fingerprint density at radius 1 is 1.30 bits per heavy atom.